The number of hydrogen-bond acceptors (Lipinski definition) is 6. The number of rotatable bonds is 5. The number of carbonyl (C=O) groups is 1. The van der Waals surface area contributed by atoms with E-state index in [1.165, 1.54) is 13.3 Å². The van der Waals surface area contributed by atoms with E-state index in [1.807, 2.05) is 0 Å². The second kappa shape index (κ2) is 6.85. The molecule has 2 rings (SSSR count). The lowest BCUT2D eigenvalue weighted by atomic mass is 9.86. The van der Waals surface area contributed by atoms with E-state index >= 15 is 0 Å². The summed E-state index contributed by atoms with van der Waals surface area (Å²) in [6.45, 7) is 5.05. The van der Waals surface area contributed by atoms with E-state index in [0.717, 1.165) is 32.3 Å². The van der Waals surface area contributed by atoms with Crippen LogP contribution in [-0.2, 0) is 9.47 Å². The normalized spacial score (nSPS) is 20.8. The zero-order chi connectivity index (χ0) is 15.3. The smallest absolute Gasteiger partial charge is 0.358 e. The number of nitrogens with one attached hydrogen (secondary N) is 1. The fraction of sp³-hybridized carbons (Fsp3) is 0.667. The van der Waals surface area contributed by atoms with E-state index in [0.29, 0.717) is 5.82 Å². The van der Waals surface area contributed by atoms with Crippen LogP contribution in [0.1, 0.15) is 50.0 Å². The molecule has 6 nitrogen and oxygen atoms in total. The van der Waals surface area contributed by atoms with Crippen molar-refractivity contribution in [2.75, 3.05) is 19.0 Å². The minimum atomic E-state index is -0.477. The van der Waals surface area contributed by atoms with Gasteiger partial charge in [-0.25, -0.2) is 9.78 Å². The molecule has 1 atom stereocenters. The molecular formula is C15H23N3O3. The first kappa shape index (κ1) is 15.7. The molecule has 1 saturated heterocycles. The summed E-state index contributed by atoms with van der Waals surface area (Å²) in [6.07, 6.45) is 6.88. The van der Waals surface area contributed by atoms with Crippen molar-refractivity contribution in [1.29, 1.82) is 0 Å². The molecule has 1 aromatic heterocycles. The predicted octanol–water partition coefficient (Wildman–Crippen LogP) is 2.41. The van der Waals surface area contributed by atoms with Crippen LogP contribution in [0.25, 0.3) is 0 Å². The highest BCUT2D eigenvalue weighted by molar-refractivity contribution is 5.87. The molecule has 6 heteroatoms. The summed E-state index contributed by atoms with van der Waals surface area (Å²) in [5, 5.41) is 3.36. The average molecular weight is 293 g/mol. The molecule has 0 aromatic carbocycles. The lowest BCUT2D eigenvalue weighted by Gasteiger charge is -2.40. The third-order valence-electron chi connectivity index (χ3n) is 4.16. The maximum atomic E-state index is 11.5. The van der Waals surface area contributed by atoms with Crippen LogP contribution in [0.3, 0.4) is 0 Å². The Kier molecular flexibility index (Phi) is 5.12. The first-order valence-corrected chi connectivity index (χ1v) is 7.43. The van der Waals surface area contributed by atoms with Crippen molar-refractivity contribution >= 4 is 11.8 Å². The van der Waals surface area contributed by atoms with Crippen LogP contribution in [0.15, 0.2) is 12.4 Å². The van der Waals surface area contributed by atoms with Crippen molar-refractivity contribution in [2.45, 2.75) is 51.2 Å². The van der Waals surface area contributed by atoms with Gasteiger partial charge in [0.05, 0.1) is 25.1 Å². The Morgan fingerprint density at radius 2 is 2.24 bits per heavy atom. The van der Waals surface area contributed by atoms with Gasteiger partial charge in [-0.15, -0.1) is 0 Å². The van der Waals surface area contributed by atoms with Gasteiger partial charge in [-0.2, -0.15) is 0 Å². The summed E-state index contributed by atoms with van der Waals surface area (Å²) in [6, 6.07) is 0.279. The van der Waals surface area contributed by atoms with Gasteiger partial charge < -0.3 is 14.8 Å². The summed E-state index contributed by atoms with van der Waals surface area (Å²) in [5.41, 5.74) is 0.162. The highest BCUT2D eigenvalue weighted by Gasteiger charge is 2.34. The van der Waals surface area contributed by atoms with E-state index in [4.69, 9.17) is 4.74 Å². The van der Waals surface area contributed by atoms with Crippen molar-refractivity contribution in [3.05, 3.63) is 18.1 Å². The molecule has 1 unspecified atom stereocenters. The number of carbonyl (C=O) groups excluding carboxylic acids is 1. The molecule has 0 bridgehead atoms. The van der Waals surface area contributed by atoms with Crippen molar-refractivity contribution in [2.24, 2.45) is 0 Å². The Bertz CT molecular complexity index is 489. The maximum absolute atomic E-state index is 11.5. The van der Waals surface area contributed by atoms with E-state index in [2.05, 4.69) is 33.9 Å². The lowest BCUT2D eigenvalue weighted by Crippen LogP contribution is -2.43. The van der Waals surface area contributed by atoms with Gasteiger partial charge in [0.25, 0.3) is 0 Å². The molecule has 116 valence electrons. The zero-order valence-electron chi connectivity index (χ0n) is 12.9. The Morgan fingerprint density at radius 3 is 2.90 bits per heavy atom. The van der Waals surface area contributed by atoms with Gasteiger partial charge in [-0.3, -0.25) is 4.98 Å². The molecular weight excluding hydrogens is 270 g/mol. The maximum Gasteiger partial charge on any atom is 0.358 e. The summed E-state index contributed by atoms with van der Waals surface area (Å²) in [5.74, 6) is 0.125. The van der Waals surface area contributed by atoms with Crippen LogP contribution < -0.4 is 5.32 Å². The molecule has 21 heavy (non-hydrogen) atoms. The van der Waals surface area contributed by atoms with Gasteiger partial charge in [-0.1, -0.05) is 13.8 Å². The lowest BCUT2D eigenvalue weighted by molar-refractivity contribution is -0.0864. The molecule has 1 fully saturated rings. The second-order valence-electron chi connectivity index (χ2n) is 5.35. The van der Waals surface area contributed by atoms with E-state index in [-0.39, 0.29) is 17.3 Å². The number of methoxy groups -OCH3 is 1. The Labute approximate surface area is 125 Å². The Morgan fingerprint density at radius 1 is 1.48 bits per heavy atom. The molecule has 2 heterocycles. The number of ether oxygens (including phenoxy) is 2. The quantitative estimate of drug-likeness (QED) is 0.840. The molecule has 1 aliphatic rings. The van der Waals surface area contributed by atoms with Crippen molar-refractivity contribution < 1.29 is 14.3 Å². The van der Waals surface area contributed by atoms with Gasteiger partial charge in [0.15, 0.2) is 5.69 Å². The fourth-order valence-corrected chi connectivity index (χ4v) is 2.74. The minimum absolute atomic E-state index is 0.0523. The van der Waals surface area contributed by atoms with Crippen LogP contribution in [-0.4, -0.2) is 41.3 Å². The molecule has 1 aromatic rings. The molecule has 0 saturated carbocycles. The van der Waals surface area contributed by atoms with Crippen molar-refractivity contribution in [3.8, 4) is 0 Å². The van der Waals surface area contributed by atoms with Crippen LogP contribution in [0.5, 0.6) is 0 Å². The second-order valence-corrected chi connectivity index (χ2v) is 5.35. The highest BCUT2D eigenvalue weighted by Crippen LogP contribution is 2.32. The molecule has 0 amide bonds. The Balaban J connectivity index is 2.06. The first-order chi connectivity index (χ1) is 10.1. The third-order valence-corrected chi connectivity index (χ3v) is 4.16. The Hall–Kier alpha value is -1.69. The molecule has 0 aliphatic carbocycles. The number of esters is 1. The standard InChI is InChI=1S/C15H23N3O3/c1-4-15(5-2)8-11(6-7-21-15)17-13-10-16-9-12(18-13)14(19)20-3/h9-11H,4-8H2,1-3H3,(H,17,18). The van der Waals surface area contributed by atoms with Crippen LogP contribution >= 0.6 is 0 Å². The summed E-state index contributed by atoms with van der Waals surface area (Å²) in [7, 11) is 1.33. The van der Waals surface area contributed by atoms with Gasteiger partial charge in [-0.05, 0) is 25.7 Å². The minimum Gasteiger partial charge on any atom is -0.464 e. The summed E-state index contributed by atoms with van der Waals surface area (Å²) in [4.78, 5) is 19.8. The number of aromatic nitrogens is 2. The average Bonchev–Trinajstić information content (AvgIpc) is 2.54. The number of hydrogen-bond donors (Lipinski definition) is 1. The highest BCUT2D eigenvalue weighted by atomic mass is 16.5. The summed E-state index contributed by atoms with van der Waals surface area (Å²) < 4.78 is 10.6. The van der Waals surface area contributed by atoms with Crippen molar-refractivity contribution in [3.63, 3.8) is 0 Å². The first-order valence-electron chi connectivity index (χ1n) is 7.43. The van der Waals surface area contributed by atoms with Crippen LogP contribution in [0.4, 0.5) is 5.82 Å². The third kappa shape index (κ3) is 3.69. The molecule has 0 radical (unpaired) electrons. The molecule has 1 N–H and O–H groups in total. The van der Waals surface area contributed by atoms with Gasteiger partial charge in [0, 0.05) is 12.6 Å². The number of anilines is 1. The molecule has 0 spiro atoms. The van der Waals surface area contributed by atoms with Gasteiger partial charge in [0.2, 0.25) is 0 Å². The zero-order valence-corrected chi connectivity index (χ0v) is 12.9. The summed E-state index contributed by atoms with van der Waals surface area (Å²) >= 11 is 0. The van der Waals surface area contributed by atoms with Crippen LogP contribution in [0.2, 0.25) is 0 Å². The molecule has 1 aliphatic heterocycles. The number of nitrogens with zero attached hydrogens (tertiary/aromatic N) is 2. The SMILES string of the molecule is CCC1(CC)CC(Nc2cncc(C(=O)OC)n2)CCO1. The van der Waals surface area contributed by atoms with E-state index in [9.17, 15) is 4.79 Å². The van der Waals surface area contributed by atoms with Gasteiger partial charge >= 0.3 is 5.97 Å². The van der Waals surface area contributed by atoms with E-state index < -0.39 is 5.97 Å². The van der Waals surface area contributed by atoms with Crippen LogP contribution in [0, 0.1) is 0 Å². The monoisotopic (exact) mass is 293 g/mol. The fourth-order valence-electron chi connectivity index (χ4n) is 2.74. The largest absolute Gasteiger partial charge is 0.464 e. The van der Waals surface area contributed by atoms with Crippen molar-refractivity contribution in [1.82, 2.24) is 9.97 Å². The predicted molar refractivity (Wildman–Crippen MR) is 79.3 cm³/mol. The topological polar surface area (TPSA) is 73.3 Å². The van der Waals surface area contributed by atoms with E-state index in [1.54, 1.807) is 6.20 Å². The van der Waals surface area contributed by atoms with Gasteiger partial charge in [0.1, 0.15) is 5.82 Å².